The summed E-state index contributed by atoms with van der Waals surface area (Å²) >= 11 is 0. The molecule has 0 bridgehead atoms. The molecular formula is C17H19FN2O4. The second-order valence-corrected chi connectivity index (χ2v) is 5.47. The van der Waals surface area contributed by atoms with Crippen molar-refractivity contribution in [2.75, 3.05) is 18.5 Å². The van der Waals surface area contributed by atoms with Gasteiger partial charge < -0.3 is 24.5 Å². The maximum Gasteiger partial charge on any atom is 0.319 e. The number of carbonyl (C=O) groups excluding carboxylic acids is 1. The zero-order valence-electron chi connectivity index (χ0n) is 13.1. The number of urea groups is 1. The van der Waals surface area contributed by atoms with Gasteiger partial charge in [-0.05, 0) is 37.1 Å². The minimum Gasteiger partial charge on any atom is -0.489 e. The highest BCUT2D eigenvalue weighted by Gasteiger charge is 2.17. The van der Waals surface area contributed by atoms with E-state index in [1.165, 1.54) is 24.5 Å². The number of hydrogen-bond donors (Lipinski definition) is 2. The van der Waals surface area contributed by atoms with E-state index in [0.29, 0.717) is 18.1 Å². The van der Waals surface area contributed by atoms with E-state index < -0.39 is 11.8 Å². The molecule has 6 nitrogen and oxygen atoms in total. The van der Waals surface area contributed by atoms with E-state index in [4.69, 9.17) is 13.9 Å². The van der Waals surface area contributed by atoms with Crippen molar-refractivity contribution >= 4 is 11.7 Å². The standard InChI is InChI=1S/C17H19FN2O4/c18-12-5-6-16(24-11-14-4-2-8-23-14)15(9-12)20-17(21)19-10-13-3-1-7-22-13/h1,3,5-7,9,14H,2,4,8,10-11H2,(H2,19,20,21)/t14-/m1/s1. The quantitative estimate of drug-likeness (QED) is 0.850. The second kappa shape index (κ2) is 7.83. The number of nitrogens with one attached hydrogen (secondary N) is 2. The molecule has 0 spiro atoms. The normalized spacial score (nSPS) is 16.8. The van der Waals surface area contributed by atoms with Crippen LogP contribution in [0.3, 0.4) is 0 Å². The number of anilines is 1. The SMILES string of the molecule is O=C(NCc1ccco1)Nc1cc(F)ccc1OC[C@H]1CCCO1. The van der Waals surface area contributed by atoms with E-state index in [2.05, 4.69) is 10.6 Å². The highest BCUT2D eigenvalue weighted by molar-refractivity contribution is 5.90. The first kappa shape index (κ1) is 16.3. The molecule has 0 saturated carbocycles. The van der Waals surface area contributed by atoms with Gasteiger partial charge >= 0.3 is 6.03 Å². The van der Waals surface area contributed by atoms with Crippen molar-refractivity contribution in [1.29, 1.82) is 0 Å². The zero-order chi connectivity index (χ0) is 16.8. The molecule has 128 valence electrons. The monoisotopic (exact) mass is 334 g/mol. The summed E-state index contributed by atoms with van der Waals surface area (Å²) in [6.07, 6.45) is 3.51. The molecule has 2 N–H and O–H groups in total. The van der Waals surface area contributed by atoms with Gasteiger partial charge in [-0.25, -0.2) is 9.18 Å². The van der Waals surface area contributed by atoms with Crippen LogP contribution in [-0.2, 0) is 11.3 Å². The number of carbonyl (C=O) groups is 1. The van der Waals surface area contributed by atoms with Gasteiger partial charge in [0.2, 0.25) is 0 Å². The largest absolute Gasteiger partial charge is 0.489 e. The molecule has 1 aliphatic heterocycles. The Labute approximate surface area is 138 Å². The van der Waals surface area contributed by atoms with Crippen molar-refractivity contribution in [2.45, 2.75) is 25.5 Å². The van der Waals surface area contributed by atoms with E-state index in [0.717, 1.165) is 19.4 Å². The average molecular weight is 334 g/mol. The number of amides is 2. The molecule has 1 aliphatic rings. The topological polar surface area (TPSA) is 72.7 Å². The number of halogens is 1. The third-order valence-corrected chi connectivity index (χ3v) is 3.64. The molecule has 2 heterocycles. The summed E-state index contributed by atoms with van der Waals surface area (Å²) in [5, 5.41) is 5.22. The van der Waals surface area contributed by atoms with Gasteiger partial charge in [0.05, 0.1) is 24.6 Å². The van der Waals surface area contributed by atoms with E-state index in [-0.39, 0.29) is 18.3 Å². The minimum atomic E-state index is -0.473. The molecule has 1 atom stereocenters. The summed E-state index contributed by atoms with van der Waals surface area (Å²) in [4.78, 5) is 12.0. The summed E-state index contributed by atoms with van der Waals surface area (Å²) in [5.74, 6) is 0.570. The van der Waals surface area contributed by atoms with Crippen molar-refractivity contribution in [2.24, 2.45) is 0 Å². The van der Waals surface area contributed by atoms with Crippen LogP contribution in [0.2, 0.25) is 0 Å². The first-order valence-electron chi connectivity index (χ1n) is 7.82. The van der Waals surface area contributed by atoms with Crippen LogP contribution in [0.25, 0.3) is 0 Å². The van der Waals surface area contributed by atoms with Crippen LogP contribution in [0.5, 0.6) is 5.75 Å². The third-order valence-electron chi connectivity index (χ3n) is 3.64. The maximum atomic E-state index is 13.5. The Morgan fingerprint density at radius 3 is 3.04 bits per heavy atom. The van der Waals surface area contributed by atoms with Crippen LogP contribution in [0.4, 0.5) is 14.9 Å². The lowest BCUT2D eigenvalue weighted by Crippen LogP contribution is -2.28. The minimum absolute atomic E-state index is 0.0377. The lowest BCUT2D eigenvalue weighted by molar-refractivity contribution is 0.0682. The smallest absolute Gasteiger partial charge is 0.319 e. The molecule has 7 heteroatoms. The molecule has 1 saturated heterocycles. The van der Waals surface area contributed by atoms with Crippen LogP contribution in [0.15, 0.2) is 41.0 Å². The van der Waals surface area contributed by atoms with Gasteiger partial charge in [-0.1, -0.05) is 0 Å². The molecule has 0 radical (unpaired) electrons. The van der Waals surface area contributed by atoms with E-state index in [1.54, 1.807) is 12.1 Å². The lowest BCUT2D eigenvalue weighted by Gasteiger charge is -2.15. The zero-order valence-corrected chi connectivity index (χ0v) is 13.1. The molecule has 1 aromatic heterocycles. The Balaban J connectivity index is 1.58. The van der Waals surface area contributed by atoms with Crippen molar-refractivity contribution in [3.05, 3.63) is 48.2 Å². The van der Waals surface area contributed by atoms with Gasteiger partial charge in [-0.2, -0.15) is 0 Å². The maximum absolute atomic E-state index is 13.5. The summed E-state index contributed by atoms with van der Waals surface area (Å²) in [7, 11) is 0. The molecule has 24 heavy (non-hydrogen) atoms. The van der Waals surface area contributed by atoms with E-state index in [1.807, 2.05) is 0 Å². The average Bonchev–Trinajstić information content (AvgIpc) is 3.26. The first-order valence-corrected chi connectivity index (χ1v) is 7.82. The fourth-order valence-corrected chi connectivity index (χ4v) is 2.43. The molecule has 0 aliphatic carbocycles. The Bertz CT molecular complexity index is 669. The third kappa shape index (κ3) is 4.48. The predicted octanol–water partition coefficient (Wildman–Crippen LogP) is 3.30. The molecule has 1 fully saturated rings. The molecule has 2 amide bonds. The molecule has 3 rings (SSSR count). The Kier molecular flexibility index (Phi) is 5.32. The van der Waals surface area contributed by atoms with E-state index >= 15 is 0 Å². The van der Waals surface area contributed by atoms with Gasteiger partial charge in [0.15, 0.2) is 0 Å². The van der Waals surface area contributed by atoms with Crippen LogP contribution in [0, 0.1) is 5.82 Å². The first-order chi connectivity index (χ1) is 11.7. The molecule has 1 aromatic carbocycles. The van der Waals surface area contributed by atoms with Crippen molar-refractivity contribution in [1.82, 2.24) is 5.32 Å². The van der Waals surface area contributed by atoms with Crippen molar-refractivity contribution < 1.29 is 23.1 Å². The number of ether oxygens (including phenoxy) is 2. The summed E-state index contributed by atoms with van der Waals surface area (Å²) < 4.78 is 29.8. The predicted molar refractivity (Wildman–Crippen MR) is 85.4 cm³/mol. The Morgan fingerprint density at radius 1 is 1.38 bits per heavy atom. The fraction of sp³-hybridized carbons (Fsp3) is 0.353. The van der Waals surface area contributed by atoms with Gasteiger partial charge in [-0.15, -0.1) is 0 Å². The van der Waals surface area contributed by atoms with Crippen LogP contribution in [0.1, 0.15) is 18.6 Å². The Hall–Kier alpha value is -2.54. The highest BCUT2D eigenvalue weighted by Crippen LogP contribution is 2.26. The van der Waals surface area contributed by atoms with Crippen LogP contribution >= 0.6 is 0 Å². The van der Waals surface area contributed by atoms with Gasteiger partial charge in [-0.3, -0.25) is 0 Å². The van der Waals surface area contributed by atoms with Gasteiger partial charge in [0.25, 0.3) is 0 Å². The second-order valence-electron chi connectivity index (χ2n) is 5.47. The summed E-state index contributed by atoms with van der Waals surface area (Å²) in [6.45, 7) is 1.34. The van der Waals surface area contributed by atoms with Crippen LogP contribution < -0.4 is 15.4 Å². The summed E-state index contributed by atoms with van der Waals surface area (Å²) in [6, 6.07) is 7.01. The highest BCUT2D eigenvalue weighted by atomic mass is 19.1. The number of benzene rings is 1. The molecule has 2 aromatic rings. The molecule has 0 unspecified atom stereocenters. The lowest BCUT2D eigenvalue weighted by atomic mass is 10.2. The molecular weight excluding hydrogens is 315 g/mol. The van der Waals surface area contributed by atoms with Gasteiger partial charge in [0, 0.05) is 12.7 Å². The van der Waals surface area contributed by atoms with Crippen molar-refractivity contribution in [3.8, 4) is 5.75 Å². The Morgan fingerprint density at radius 2 is 2.29 bits per heavy atom. The van der Waals surface area contributed by atoms with Gasteiger partial charge in [0.1, 0.15) is 23.9 Å². The summed E-state index contributed by atoms with van der Waals surface area (Å²) in [5.41, 5.74) is 0.268. The number of hydrogen-bond acceptors (Lipinski definition) is 4. The number of furan rings is 1. The van der Waals surface area contributed by atoms with Crippen LogP contribution in [-0.4, -0.2) is 25.3 Å². The fourth-order valence-electron chi connectivity index (χ4n) is 2.43. The van der Waals surface area contributed by atoms with Crippen molar-refractivity contribution in [3.63, 3.8) is 0 Å². The number of rotatable bonds is 6. The van der Waals surface area contributed by atoms with E-state index in [9.17, 15) is 9.18 Å².